The van der Waals surface area contributed by atoms with Crippen molar-refractivity contribution in [2.45, 2.75) is 0 Å². The van der Waals surface area contributed by atoms with Crippen molar-refractivity contribution in [1.29, 1.82) is 0 Å². The second-order valence-corrected chi connectivity index (χ2v) is 4.88. The maximum Gasteiger partial charge on any atom is 0.433 e. The van der Waals surface area contributed by atoms with Crippen molar-refractivity contribution in [1.82, 2.24) is 5.43 Å². The van der Waals surface area contributed by atoms with Gasteiger partial charge in [-0.15, -0.1) is 0 Å². The molecule has 1 aromatic heterocycles. The number of furan rings is 1. The predicted molar refractivity (Wildman–Crippen MR) is 80.7 cm³/mol. The summed E-state index contributed by atoms with van der Waals surface area (Å²) in [6, 6.07) is 9.56. The van der Waals surface area contributed by atoms with Crippen LogP contribution in [-0.4, -0.2) is 23.7 Å². The van der Waals surface area contributed by atoms with Gasteiger partial charge in [-0.25, -0.2) is 5.43 Å². The first-order valence-electron chi connectivity index (χ1n) is 5.99. The van der Waals surface area contributed by atoms with Crippen LogP contribution < -0.4 is 10.2 Å². The van der Waals surface area contributed by atoms with Crippen molar-refractivity contribution >= 4 is 33.9 Å². The molecule has 1 aromatic carbocycles. The van der Waals surface area contributed by atoms with Gasteiger partial charge < -0.3 is 9.15 Å². The summed E-state index contributed by atoms with van der Waals surface area (Å²) in [5.74, 6) is -0.170. The summed E-state index contributed by atoms with van der Waals surface area (Å²) in [6.45, 7) is -0.211. The van der Waals surface area contributed by atoms with Crippen LogP contribution in [0.25, 0.3) is 0 Å². The standard InChI is InChI=1S/C13H10BrN3O5/c14-9-1-3-10(4-2-9)21-8-12(18)16-15-7-11-5-6-13(22-11)17(19)20/h1-7H,8H2,(H,16,18)/b15-7-. The van der Waals surface area contributed by atoms with Gasteiger partial charge in [0.1, 0.15) is 10.7 Å². The number of hydrogen-bond acceptors (Lipinski definition) is 6. The molecule has 0 aliphatic rings. The maximum atomic E-state index is 11.5. The normalized spacial score (nSPS) is 10.6. The van der Waals surface area contributed by atoms with Crippen molar-refractivity contribution in [2.75, 3.05) is 6.61 Å². The Hall–Kier alpha value is -2.68. The lowest BCUT2D eigenvalue weighted by Crippen LogP contribution is -2.24. The second-order valence-electron chi connectivity index (χ2n) is 3.97. The largest absolute Gasteiger partial charge is 0.484 e. The van der Waals surface area contributed by atoms with Gasteiger partial charge >= 0.3 is 5.88 Å². The SMILES string of the molecule is O=C(COc1ccc(Br)cc1)N/N=C\c1ccc([N+](=O)[O-])o1. The zero-order valence-electron chi connectivity index (χ0n) is 11.1. The molecule has 0 spiro atoms. The van der Waals surface area contributed by atoms with E-state index in [4.69, 9.17) is 9.15 Å². The van der Waals surface area contributed by atoms with Crippen molar-refractivity contribution in [3.8, 4) is 5.75 Å². The highest BCUT2D eigenvalue weighted by Crippen LogP contribution is 2.16. The molecule has 0 bridgehead atoms. The van der Waals surface area contributed by atoms with Crippen molar-refractivity contribution < 1.29 is 18.9 Å². The molecule has 0 unspecified atom stereocenters. The first-order valence-corrected chi connectivity index (χ1v) is 6.78. The predicted octanol–water partition coefficient (Wildman–Crippen LogP) is 2.48. The summed E-state index contributed by atoms with van der Waals surface area (Å²) >= 11 is 3.29. The molecule has 8 nitrogen and oxygen atoms in total. The summed E-state index contributed by atoms with van der Waals surface area (Å²) in [5.41, 5.74) is 2.22. The van der Waals surface area contributed by atoms with Gasteiger partial charge in [-0.05, 0) is 30.3 Å². The van der Waals surface area contributed by atoms with Gasteiger partial charge in [0.05, 0.1) is 12.3 Å². The molecule has 2 aromatic rings. The fourth-order valence-electron chi connectivity index (χ4n) is 1.39. The zero-order chi connectivity index (χ0) is 15.9. The highest BCUT2D eigenvalue weighted by Gasteiger charge is 2.10. The minimum Gasteiger partial charge on any atom is -0.484 e. The van der Waals surface area contributed by atoms with E-state index in [1.807, 2.05) is 0 Å². The van der Waals surface area contributed by atoms with Crippen LogP contribution >= 0.6 is 15.9 Å². The molecular weight excluding hydrogens is 358 g/mol. The van der Waals surface area contributed by atoms with Gasteiger partial charge in [0.25, 0.3) is 5.91 Å². The summed E-state index contributed by atoms with van der Waals surface area (Å²) < 4.78 is 11.0. The summed E-state index contributed by atoms with van der Waals surface area (Å²) in [7, 11) is 0. The number of carbonyl (C=O) groups excluding carboxylic acids is 1. The van der Waals surface area contributed by atoms with E-state index in [0.717, 1.165) is 10.7 Å². The lowest BCUT2D eigenvalue weighted by Gasteiger charge is -2.04. The topological polar surface area (TPSA) is 107 Å². The molecular formula is C13H10BrN3O5. The lowest BCUT2D eigenvalue weighted by molar-refractivity contribution is -0.402. The Balaban J connectivity index is 1.78. The first-order chi connectivity index (χ1) is 10.5. The van der Waals surface area contributed by atoms with Gasteiger partial charge in [0.2, 0.25) is 0 Å². The minimum atomic E-state index is -0.665. The second kappa shape index (κ2) is 7.36. The van der Waals surface area contributed by atoms with E-state index in [2.05, 4.69) is 26.5 Å². The molecule has 114 valence electrons. The minimum absolute atomic E-state index is 0.154. The summed E-state index contributed by atoms with van der Waals surface area (Å²) in [5, 5.41) is 14.0. The van der Waals surface area contributed by atoms with E-state index in [1.54, 1.807) is 24.3 Å². The van der Waals surface area contributed by atoms with E-state index in [0.29, 0.717) is 5.75 Å². The number of nitro groups is 1. The van der Waals surface area contributed by atoms with E-state index in [9.17, 15) is 14.9 Å². The van der Waals surface area contributed by atoms with Crippen molar-refractivity contribution in [3.05, 3.63) is 56.7 Å². The van der Waals surface area contributed by atoms with E-state index in [-0.39, 0.29) is 12.4 Å². The van der Waals surface area contributed by atoms with Crippen molar-refractivity contribution in [3.63, 3.8) is 0 Å². The number of ether oxygens (including phenoxy) is 1. The fraction of sp³-hybridized carbons (Fsp3) is 0.0769. The highest BCUT2D eigenvalue weighted by atomic mass is 79.9. The molecule has 22 heavy (non-hydrogen) atoms. The van der Waals surface area contributed by atoms with Crippen LogP contribution in [0.4, 0.5) is 5.88 Å². The van der Waals surface area contributed by atoms with Gasteiger partial charge in [-0.1, -0.05) is 15.9 Å². The highest BCUT2D eigenvalue weighted by molar-refractivity contribution is 9.10. The first kappa shape index (κ1) is 15.7. The van der Waals surface area contributed by atoms with E-state index < -0.39 is 16.7 Å². The molecule has 0 atom stereocenters. The monoisotopic (exact) mass is 367 g/mol. The number of amides is 1. The van der Waals surface area contributed by atoms with Crippen LogP contribution in [0.3, 0.4) is 0 Å². The third-order valence-corrected chi connectivity index (χ3v) is 2.89. The number of carbonyl (C=O) groups is 1. The number of nitrogens with zero attached hydrogens (tertiary/aromatic N) is 2. The molecule has 1 N–H and O–H groups in total. The number of hydrazone groups is 1. The molecule has 2 rings (SSSR count). The average Bonchev–Trinajstić information content (AvgIpc) is 2.96. The number of benzene rings is 1. The Labute approximate surface area is 133 Å². The average molecular weight is 368 g/mol. The van der Waals surface area contributed by atoms with Crippen molar-refractivity contribution in [2.24, 2.45) is 5.10 Å². The maximum absolute atomic E-state index is 11.5. The van der Waals surface area contributed by atoms with E-state index in [1.165, 1.54) is 12.1 Å². The van der Waals surface area contributed by atoms with E-state index >= 15 is 0 Å². The van der Waals surface area contributed by atoms with Crippen LogP contribution in [-0.2, 0) is 4.79 Å². The molecule has 0 radical (unpaired) electrons. The van der Waals surface area contributed by atoms with Crippen LogP contribution in [0, 0.1) is 10.1 Å². The fourth-order valence-corrected chi connectivity index (χ4v) is 1.65. The third kappa shape index (κ3) is 4.70. The number of halogens is 1. The van der Waals surface area contributed by atoms with Crippen LogP contribution in [0.15, 0.2) is 50.4 Å². The Morgan fingerprint density at radius 2 is 2.09 bits per heavy atom. The molecule has 0 fully saturated rings. The smallest absolute Gasteiger partial charge is 0.433 e. The Bertz CT molecular complexity index is 696. The molecule has 0 saturated heterocycles. The van der Waals surface area contributed by atoms with Gasteiger partial charge in [-0.3, -0.25) is 14.9 Å². The Kier molecular flexibility index (Phi) is 5.26. The van der Waals surface area contributed by atoms with Gasteiger partial charge in [-0.2, -0.15) is 5.10 Å². The molecule has 1 heterocycles. The molecule has 9 heteroatoms. The molecule has 0 saturated carbocycles. The number of rotatable bonds is 6. The quantitative estimate of drug-likeness (QED) is 0.479. The van der Waals surface area contributed by atoms with Crippen LogP contribution in [0.1, 0.15) is 5.76 Å². The summed E-state index contributed by atoms with van der Waals surface area (Å²) in [4.78, 5) is 21.2. The van der Waals surface area contributed by atoms with Crippen LogP contribution in [0.2, 0.25) is 0 Å². The molecule has 1 amide bonds. The molecule has 0 aliphatic carbocycles. The zero-order valence-corrected chi connectivity index (χ0v) is 12.6. The lowest BCUT2D eigenvalue weighted by atomic mass is 10.3. The number of hydrogen-bond donors (Lipinski definition) is 1. The van der Waals surface area contributed by atoms with Crippen LogP contribution in [0.5, 0.6) is 5.75 Å². The Morgan fingerprint density at radius 1 is 1.36 bits per heavy atom. The Morgan fingerprint density at radius 3 is 2.73 bits per heavy atom. The molecule has 0 aliphatic heterocycles. The summed E-state index contributed by atoms with van der Waals surface area (Å²) in [6.07, 6.45) is 1.16. The van der Waals surface area contributed by atoms with Gasteiger partial charge in [0, 0.05) is 4.47 Å². The van der Waals surface area contributed by atoms with Gasteiger partial charge in [0.15, 0.2) is 12.4 Å². The third-order valence-electron chi connectivity index (χ3n) is 2.36. The number of nitrogens with one attached hydrogen (secondary N) is 1.